The molecular weight excluding hydrogens is 595 g/mol. The van der Waals surface area contributed by atoms with E-state index in [-0.39, 0.29) is 18.6 Å². The summed E-state index contributed by atoms with van der Waals surface area (Å²) in [5.41, 5.74) is 1.31. The van der Waals surface area contributed by atoms with Crippen LogP contribution in [-0.4, -0.2) is 43.2 Å². The molecule has 0 aliphatic heterocycles. The Morgan fingerprint density at radius 2 is 1.35 bits per heavy atom. The van der Waals surface area contributed by atoms with Gasteiger partial charge in [-0.05, 0) is 51.1 Å². The van der Waals surface area contributed by atoms with Crippen molar-refractivity contribution in [3.05, 3.63) is 81.4 Å². The number of benzene rings is 3. The second-order valence-corrected chi connectivity index (χ2v) is 9.14. The van der Waals surface area contributed by atoms with Gasteiger partial charge < -0.3 is 18.9 Å². The number of halogens is 1. The molecule has 9 nitrogen and oxygen atoms in total. The number of carbonyl (C=O) groups excluding carboxylic acids is 5. The van der Waals surface area contributed by atoms with Crippen LogP contribution in [0.1, 0.15) is 41.6 Å². The van der Waals surface area contributed by atoms with Gasteiger partial charge in [0.2, 0.25) is 13.6 Å². The molecule has 1 atom stereocenters. The molecule has 0 aliphatic rings. The number of ether oxygens (including phenoxy) is 4. The lowest BCUT2D eigenvalue weighted by Crippen LogP contribution is -2.24. The molecule has 192 valence electrons. The summed E-state index contributed by atoms with van der Waals surface area (Å²) in [6.07, 6.45) is -0.112. The number of Topliss-reactive ketones (excluding diaryl/α,β-unsaturated/α-hetero) is 1. The molecule has 3 aromatic rings. The first-order valence-corrected chi connectivity index (χ1v) is 12.2. The summed E-state index contributed by atoms with van der Waals surface area (Å²) in [4.78, 5) is 59.3. The second kappa shape index (κ2) is 13.5. The van der Waals surface area contributed by atoms with Gasteiger partial charge in [0.1, 0.15) is 0 Å². The Balaban J connectivity index is 1.64. The third-order valence-electron chi connectivity index (χ3n) is 5.28. The molecule has 0 saturated carbocycles. The van der Waals surface area contributed by atoms with Gasteiger partial charge in [-0.2, -0.15) is 0 Å². The molecule has 3 aromatic carbocycles. The highest BCUT2D eigenvalue weighted by molar-refractivity contribution is 14.1. The van der Waals surface area contributed by atoms with Gasteiger partial charge in [0, 0.05) is 28.4 Å². The van der Waals surface area contributed by atoms with E-state index in [4.69, 9.17) is 4.74 Å². The fourth-order valence-electron chi connectivity index (χ4n) is 3.44. The van der Waals surface area contributed by atoms with E-state index in [9.17, 15) is 24.0 Å². The summed E-state index contributed by atoms with van der Waals surface area (Å²) >= 11 is 2.15. The van der Waals surface area contributed by atoms with Crippen molar-refractivity contribution >= 4 is 63.0 Å². The van der Waals surface area contributed by atoms with Crippen LogP contribution in [0, 0.1) is 3.57 Å². The van der Waals surface area contributed by atoms with E-state index in [1.165, 1.54) is 0 Å². The van der Waals surface area contributed by atoms with Gasteiger partial charge in [-0.3, -0.25) is 14.4 Å². The standard InChI is InChI=1S/C27H23IO9/c1-17(29)34-15-36-26(32)27(33)37-16-35-25(31)14-22(13-24(30)19-8-10-23(28)11-9-19)21-7-6-18-4-2-3-5-20(18)12-21/h2-12,22H,13-16H2,1H3. The molecule has 0 saturated heterocycles. The summed E-state index contributed by atoms with van der Waals surface area (Å²) in [6, 6.07) is 20.6. The molecular formula is C27H23IO9. The highest BCUT2D eigenvalue weighted by Gasteiger charge is 2.23. The van der Waals surface area contributed by atoms with E-state index in [2.05, 4.69) is 36.8 Å². The van der Waals surface area contributed by atoms with Crippen LogP contribution in [0.3, 0.4) is 0 Å². The van der Waals surface area contributed by atoms with Crippen molar-refractivity contribution in [1.29, 1.82) is 0 Å². The van der Waals surface area contributed by atoms with E-state index in [0.29, 0.717) is 5.56 Å². The fourth-order valence-corrected chi connectivity index (χ4v) is 3.80. The van der Waals surface area contributed by atoms with Crippen molar-refractivity contribution in [3.8, 4) is 0 Å². The first kappa shape index (κ1) is 27.8. The van der Waals surface area contributed by atoms with Crippen LogP contribution >= 0.6 is 22.6 Å². The molecule has 3 rings (SSSR count). The molecule has 0 aromatic heterocycles. The maximum absolute atomic E-state index is 13.0. The summed E-state index contributed by atoms with van der Waals surface area (Å²) < 4.78 is 19.3. The quantitative estimate of drug-likeness (QED) is 0.108. The van der Waals surface area contributed by atoms with Crippen LogP contribution in [0.5, 0.6) is 0 Å². The molecule has 0 fully saturated rings. The summed E-state index contributed by atoms with van der Waals surface area (Å²) in [5, 5.41) is 1.98. The molecule has 0 N–H and O–H groups in total. The lowest BCUT2D eigenvalue weighted by molar-refractivity contribution is -0.185. The fraction of sp³-hybridized carbons (Fsp3) is 0.222. The Morgan fingerprint density at radius 1 is 0.730 bits per heavy atom. The van der Waals surface area contributed by atoms with E-state index in [0.717, 1.165) is 26.8 Å². The van der Waals surface area contributed by atoms with Gasteiger partial charge in [-0.15, -0.1) is 0 Å². The monoisotopic (exact) mass is 618 g/mol. The highest BCUT2D eigenvalue weighted by Crippen LogP contribution is 2.29. The number of fused-ring (bicyclic) bond motifs is 1. The van der Waals surface area contributed by atoms with Crippen LogP contribution in [0.15, 0.2) is 66.7 Å². The number of carbonyl (C=O) groups is 5. The third kappa shape index (κ3) is 8.67. The Hall–Kier alpha value is -3.80. The minimum Gasteiger partial charge on any atom is -0.428 e. The maximum Gasteiger partial charge on any atom is 0.420 e. The van der Waals surface area contributed by atoms with Gasteiger partial charge in [-0.25, -0.2) is 9.59 Å². The molecule has 0 spiro atoms. The van der Waals surface area contributed by atoms with Crippen LogP contribution in [0.25, 0.3) is 10.8 Å². The first-order valence-electron chi connectivity index (χ1n) is 11.1. The predicted octanol–water partition coefficient (Wildman–Crippen LogP) is 4.30. The van der Waals surface area contributed by atoms with Gasteiger partial charge in [0.05, 0.1) is 6.42 Å². The average Bonchev–Trinajstić information content (AvgIpc) is 2.88. The number of ketones is 1. The Labute approximate surface area is 226 Å². The Morgan fingerprint density at radius 3 is 2.00 bits per heavy atom. The second-order valence-electron chi connectivity index (χ2n) is 7.89. The minimum absolute atomic E-state index is 0.0519. The van der Waals surface area contributed by atoms with Crippen molar-refractivity contribution in [2.45, 2.75) is 25.7 Å². The lowest BCUT2D eigenvalue weighted by atomic mass is 9.88. The number of hydrogen-bond donors (Lipinski definition) is 0. The van der Waals surface area contributed by atoms with Gasteiger partial charge in [-0.1, -0.05) is 54.6 Å². The number of rotatable bonds is 10. The molecule has 0 heterocycles. The number of hydrogen-bond acceptors (Lipinski definition) is 9. The van der Waals surface area contributed by atoms with Crippen LogP contribution in [0.4, 0.5) is 0 Å². The molecule has 1 unspecified atom stereocenters. The van der Waals surface area contributed by atoms with Gasteiger partial charge in [0.25, 0.3) is 0 Å². The molecule has 0 amide bonds. The molecule has 0 radical (unpaired) electrons. The molecule has 0 bridgehead atoms. The van der Waals surface area contributed by atoms with E-state index in [1.54, 1.807) is 12.1 Å². The third-order valence-corrected chi connectivity index (χ3v) is 6.00. The predicted molar refractivity (Wildman–Crippen MR) is 139 cm³/mol. The number of esters is 4. The van der Waals surface area contributed by atoms with E-state index < -0.39 is 43.4 Å². The SMILES string of the molecule is CC(=O)OCOC(=O)C(=O)OCOC(=O)CC(CC(=O)c1ccc(I)cc1)c1ccc2ccccc2c1. The minimum atomic E-state index is -1.42. The zero-order chi connectivity index (χ0) is 26.8. The summed E-state index contributed by atoms with van der Waals surface area (Å²) in [6.45, 7) is -0.467. The Kier molecular flexibility index (Phi) is 10.1. The highest BCUT2D eigenvalue weighted by atomic mass is 127. The zero-order valence-corrected chi connectivity index (χ0v) is 22.0. The summed E-state index contributed by atoms with van der Waals surface area (Å²) in [5.74, 6) is -4.89. The van der Waals surface area contributed by atoms with Crippen molar-refractivity contribution in [1.82, 2.24) is 0 Å². The van der Waals surface area contributed by atoms with Crippen molar-refractivity contribution < 1.29 is 42.9 Å². The van der Waals surface area contributed by atoms with Gasteiger partial charge >= 0.3 is 23.9 Å². The normalized spacial score (nSPS) is 11.3. The molecule has 37 heavy (non-hydrogen) atoms. The topological polar surface area (TPSA) is 122 Å². The van der Waals surface area contributed by atoms with Crippen molar-refractivity contribution in [3.63, 3.8) is 0 Å². The summed E-state index contributed by atoms with van der Waals surface area (Å²) in [7, 11) is 0. The zero-order valence-electron chi connectivity index (χ0n) is 19.8. The van der Waals surface area contributed by atoms with Crippen LogP contribution in [-0.2, 0) is 38.1 Å². The van der Waals surface area contributed by atoms with Crippen molar-refractivity contribution in [2.24, 2.45) is 0 Å². The van der Waals surface area contributed by atoms with Gasteiger partial charge in [0.15, 0.2) is 5.78 Å². The molecule has 0 aliphatic carbocycles. The van der Waals surface area contributed by atoms with E-state index >= 15 is 0 Å². The largest absolute Gasteiger partial charge is 0.428 e. The maximum atomic E-state index is 13.0. The van der Waals surface area contributed by atoms with Crippen LogP contribution < -0.4 is 0 Å². The van der Waals surface area contributed by atoms with Crippen molar-refractivity contribution in [2.75, 3.05) is 13.6 Å². The smallest absolute Gasteiger partial charge is 0.420 e. The first-order chi connectivity index (χ1) is 17.7. The average molecular weight is 618 g/mol. The Bertz CT molecular complexity index is 1300. The van der Waals surface area contributed by atoms with E-state index in [1.807, 2.05) is 54.6 Å². The van der Waals surface area contributed by atoms with Crippen LogP contribution in [0.2, 0.25) is 0 Å². The lowest BCUT2D eigenvalue weighted by Gasteiger charge is -2.17. The molecule has 10 heteroatoms.